The van der Waals surface area contributed by atoms with E-state index in [0.717, 1.165) is 29.4 Å². The Morgan fingerprint density at radius 2 is 1.74 bits per heavy atom. The summed E-state index contributed by atoms with van der Waals surface area (Å²) in [6, 6.07) is 6.45. The predicted molar refractivity (Wildman–Crippen MR) is 91.2 cm³/mol. The molecule has 4 fully saturated rings. The lowest BCUT2D eigenvalue weighted by molar-refractivity contribution is -0.127. The van der Waals surface area contributed by atoms with Crippen LogP contribution in [-0.2, 0) is 0 Å². The Hall–Kier alpha value is -1.83. The van der Waals surface area contributed by atoms with E-state index in [0.29, 0.717) is 0 Å². The van der Waals surface area contributed by atoms with Gasteiger partial charge in [-0.2, -0.15) is 0 Å². The SMILES string of the molecule is C1=CC2(Oc3c1ccc1ccncc31)C1CC3CC(C1)CC2C3. The zero-order valence-corrected chi connectivity index (χ0v) is 13.2. The molecule has 1 spiro atoms. The zero-order chi connectivity index (χ0) is 15.0. The number of rotatable bonds is 0. The summed E-state index contributed by atoms with van der Waals surface area (Å²) >= 11 is 0. The molecule has 4 saturated carbocycles. The average molecular weight is 303 g/mol. The second-order valence-electron chi connectivity index (χ2n) is 8.17. The standard InChI is InChI=1S/C21H21NO/c1-2-16-3-5-21(23-20(16)19-12-22-6-4-15(1)19)17-8-13-7-14(10-17)11-18(21)9-13/h1-6,12-14,17-18H,7-11H2. The molecule has 2 aromatic rings. The maximum Gasteiger partial charge on any atom is 0.137 e. The van der Waals surface area contributed by atoms with Crippen molar-refractivity contribution < 1.29 is 4.74 Å². The van der Waals surface area contributed by atoms with Crippen LogP contribution in [0.4, 0.5) is 0 Å². The third-order valence-electron chi connectivity index (χ3n) is 7.02. The number of benzene rings is 1. The number of pyridine rings is 1. The van der Waals surface area contributed by atoms with Crippen LogP contribution in [0, 0.1) is 23.7 Å². The Balaban J connectivity index is 1.52. The molecule has 0 radical (unpaired) electrons. The van der Waals surface area contributed by atoms with Crippen molar-refractivity contribution in [3.05, 3.63) is 42.2 Å². The van der Waals surface area contributed by atoms with Gasteiger partial charge in [0.15, 0.2) is 0 Å². The number of aromatic nitrogens is 1. The molecule has 0 atom stereocenters. The molecule has 0 saturated heterocycles. The number of hydrogen-bond acceptors (Lipinski definition) is 2. The van der Waals surface area contributed by atoms with Gasteiger partial charge in [0.2, 0.25) is 0 Å². The van der Waals surface area contributed by atoms with Crippen molar-refractivity contribution in [3.8, 4) is 5.75 Å². The summed E-state index contributed by atoms with van der Waals surface area (Å²) in [6.07, 6.45) is 15.5. The van der Waals surface area contributed by atoms with Crippen LogP contribution in [0.15, 0.2) is 36.7 Å². The van der Waals surface area contributed by atoms with Crippen molar-refractivity contribution in [3.63, 3.8) is 0 Å². The average Bonchev–Trinajstić information content (AvgIpc) is 2.59. The minimum Gasteiger partial charge on any atom is -0.481 e. The lowest BCUT2D eigenvalue weighted by Gasteiger charge is -2.60. The monoisotopic (exact) mass is 303 g/mol. The fourth-order valence-corrected chi connectivity index (χ4v) is 6.19. The first-order valence-corrected chi connectivity index (χ1v) is 9.07. The topological polar surface area (TPSA) is 22.1 Å². The highest BCUT2D eigenvalue weighted by atomic mass is 16.5. The zero-order valence-electron chi connectivity index (χ0n) is 13.2. The largest absolute Gasteiger partial charge is 0.481 e. The quantitative estimate of drug-likeness (QED) is 0.695. The molecule has 0 amide bonds. The van der Waals surface area contributed by atoms with Gasteiger partial charge in [-0.15, -0.1) is 0 Å². The molecule has 2 heterocycles. The number of nitrogens with zero attached hydrogens (tertiary/aromatic N) is 1. The van der Waals surface area contributed by atoms with Crippen molar-refractivity contribution in [2.24, 2.45) is 23.7 Å². The minimum atomic E-state index is -0.0372. The maximum absolute atomic E-state index is 6.88. The van der Waals surface area contributed by atoms with Crippen molar-refractivity contribution in [2.75, 3.05) is 0 Å². The van der Waals surface area contributed by atoms with Gasteiger partial charge in [-0.3, -0.25) is 4.98 Å². The summed E-state index contributed by atoms with van der Waals surface area (Å²) in [5, 5.41) is 2.40. The summed E-state index contributed by atoms with van der Waals surface area (Å²) in [5.41, 5.74) is 1.18. The molecule has 0 unspecified atom stereocenters. The molecule has 4 bridgehead atoms. The smallest absolute Gasteiger partial charge is 0.137 e. The molecule has 1 aromatic heterocycles. The lowest BCUT2D eigenvalue weighted by atomic mass is 9.49. The van der Waals surface area contributed by atoms with E-state index >= 15 is 0 Å². The summed E-state index contributed by atoms with van der Waals surface area (Å²) in [6.45, 7) is 0. The fraction of sp³-hybridized carbons (Fsp3) is 0.476. The molecule has 7 rings (SSSR count). The summed E-state index contributed by atoms with van der Waals surface area (Å²) < 4.78 is 6.88. The van der Waals surface area contributed by atoms with E-state index in [4.69, 9.17) is 4.74 Å². The van der Waals surface area contributed by atoms with E-state index in [1.165, 1.54) is 48.4 Å². The molecule has 23 heavy (non-hydrogen) atoms. The predicted octanol–water partition coefficient (Wildman–Crippen LogP) is 4.84. The molecule has 116 valence electrons. The number of fused-ring (bicyclic) bond motifs is 3. The van der Waals surface area contributed by atoms with E-state index in [2.05, 4.69) is 35.3 Å². The molecule has 4 aliphatic carbocycles. The Kier molecular flexibility index (Phi) is 2.28. The number of hydrogen-bond donors (Lipinski definition) is 0. The molecular formula is C21H21NO. The molecular weight excluding hydrogens is 282 g/mol. The van der Waals surface area contributed by atoms with Crippen LogP contribution in [0.5, 0.6) is 5.75 Å². The van der Waals surface area contributed by atoms with E-state index in [1.807, 2.05) is 12.4 Å². The van der Waals surface area contributed by atoms with E-state index in [9.17, 15) is 0 Å². The Labute approximate surface area is 136 Å². The molecule has 2 nitrogen and oxygen atoms in total. The first kappa shape index (κ1) is 12.6. The molecule has 1 aliphatic heterocycles. The fourth-order valence-electron chi connectivity index (χ4n) is 6.19. The highest BCUT2D eigenvalue weighted by molar-refractivity contribution is 5.91. The van der Waals surface area contributed by atoms with Crippen LogP contribution in [-0.4, -0.2) is 10.6 Å². The van der Waals surface area contributed by atoms with Crippen molar-refractivity contribution in [1.29, 1.82) is 0 Å². The highest BCUT2D eigenvalue weighted by Gasteiger charge is 2.58. The van der Waals surface area contributed by atoms with Crippen LogP contribution in [0.1, 0.15) is 37.7 Å². The van der Waals surface area contributed by atoms with Gasteiger partial charge in [-0.1, -0.05) is 18.2 Å². The third-order valence-corrected chi connectivity index (χ3v) is 7.02. The molecule has 2 heteroatoms. The van der Waals surface area contributed by atoms with Crippen molar-refractivity contribution in [1.82, 2.24) is 4.98 Å². The third kappa shape index (κ3) is 1.57. The summed E-state index contributed by atoms with van der Waals surface area (Å²) in [4.78, 5) is 4.34. The van der Waals surface area contributed by atoms with Gasteiger partial charge in [0.25, 0.3) is 0 Å². The van der Waals surface area contributed by atoms with Gasteiger partial charge in [-0.05, 0) is 61.5 Å². The minimum absolute atomic E-state index is 0.0372. The van der Waals surface area contributed by atoms with Gasteiger partial charge in [0, 0.05) is 35.2 Å². The Morgan fingerprint density at radius 1 is 0.957 bits per heavy atom. The van der Waals surface area contributed by atoms with Crippen LogP contribution >= 0.6 is 0 Å². The normalized spacial score (nSPS) is 39.7. The second-order valence-corrected chi connectivity index (χ2v) is 8.17. The first-order valence-electron chi connectivity index (χ1n) is 9.07. The Bertz CT molecular complexity index is 809. The molecule has 0 N–H and O–H groups in total. The van der Waals surface area contributed by atoms with Gasteiger partial charge in [0.1, 0.15) is 11.4 Å². The van der Waals surface area contributed by atoms with E-state index in [1.54, 1.807) is 0 Å². The van der Waals surface area contributed by atoms with E-state index in [-0.39, 0.29) is 5.60 Å². The van der Waals surface area contributed by atoms with Gasteiger partial charge in [0.05, 0.1) is 0 Å². The Morgan fingerprint density at radius 3 is 2.52 bits per heavy atom. The summed E-state index contributed by atoms with van der Waals surface area (Å²) in [5.74, 6) is 4.45. The summed E-state index contributed by atoms with van der Waals surface area (Å²) in [7, 11) is 0. The van der Waals surface area contributed by atoms with Gasteiger partial charge < -0.3 is 4.74 Å². The lowest BCUT2D eigenvalue weighted by Crippen LogP contribution is -2.60. The van der Waals surface area contributed by atoms with Gasteiger partial charge in [-0.25, -0.2) is 0 Å². The van der Waals surface area contributed by atoms with Crippen LogP contribution in [0.2, 0.25) is 0 Å². The van der Waals surface area contributed by atoms with E-state index < -0.39 is 0 Å². The van der Waals surface area contributed by atoms with Crippen molar-refractivity contribution >= 4 is 16.8 Å². The van der Waals surface area contributed by atoms with Crippen LogP contribution in [0.3, 0.4) is 0 Å². The molecule has 1 aromatic carbocycles. The molecule has 5 aliphatic rings. The van der Waals surface area contributed by atoms with Crippen LogP contribution in [0.25, 0.3) is 16.8 Å². The first-order chi connectivity index (χ1) is 11.3. The van der Waals surface area contributed by atoms with Gasteiger partial charge >= 0.3 is 0 Å². The second kappa shape index (κ2) is 4.17. The maximum atomic E-state index is 6.88. The highest BCUT2D eigenvalue weighted by Crippen LogP contribution is 2.61. The van der Waals surface area contributed by atoms with Crippen molar-refractivity contribution in [2.45, 2.75) is 37.7 Å². The van der Waals surface area contributed by atoms with Crippen LogP contribution < -0.4 is 4.74 Å². The number of ether oxygens (including phenoxy) is 1.